The number of aliphatic hydroxyl groups is 1. The number of ether oxygens (including phenoxy) is 1. The molecule has 0 heterocycles. The second kappa shape index (κ2) is 6.40. The van der Waals surface area contributed by atoms with Gasteiger partial charge in [0.15, 0.2) is 0 Å². The maximum atomic E-state index is 10.4. The number of nitrogens with one attached hydrogen (secondary N) is 1. The van der Waals surface area contributed by atoms with Crippen molar-refractivity contribution < 1.29 is 9.84 Å². The molecule has 1 aliphatic carbocycles. The topological polar surface area (TPSA) is 41.5 Å². The molecule has 0 amide bonds. The monoisotopic (exact) mass is 263 g/mol. The molecule has 0 aromatic heterocycles. The normalized spacial score (nSPS) is 19.4. The molecule has 0 bridgehead atoms. The Hall–Kier alpha value is -1.06. The summed E-state index contributed by atoms with van der Waals surface area (Å²) in [7, 11) is 1.67. The zero-order chi connectivity index (χ0) is 13.8. The molecule has 1 aliphatic rings. The van der Waals surface area contributed by atoms with Gasteiger partial charge in [0.1, 0.15) is 5.75 Å². The van der Waals surface area contributed by atoms with Gasteiger partial charge in [0, 0.05) is 12.1 Å². The molecule has 1 aromatic rings. The molecule has 2 unspecified atom stereocenters. The number of rotatable bonds is 5. The highest BCUT2D eigenvalue weighted by Crippen LogP contribution is 2.25. The molecule has 1 aromatic carbocycles. The van der Waals surface area contributed by atoms with Crippen molar-refractivity contribution in [1.29, 1.82) is 0 Å². The lowest BCUT2D eigenvalue weighted by Gasteiger charge is -2.24. The van der Waals surface area contributed by atoms with Gasteiger partial charge >= 0.3 is 0 Å². The lowest BCUT2D eigenvalue weighted by Crippen LogP contribution is -2.38. The molecule has 106 valence electrons. The molecule has 3 nitrogen and oxygen atoms in total. The fraction of sp³-hybridized carbons (Fsp3) is 0.625. The predicted octanol–water partition coefficient (Wildman–Crippen LogP) is 2.96. The summed E-state index contributed by atoms with van der Waals surface area (Å²) in [4.78, 5) is 0. The number of methoxy groups -OCH3 is 1. The second-order valence-corrected chi connectivity index (χ2v) is 5.61. The van der Waals surface area contributed by atoms with E-state index in [1.807, 2.05) is 25.1 Å². The Labute approximate surface area is 116 Å². The van der Waals surface area contributed by atoms with Crippen molar-refractivity contribution in [2.24, 2.45) is 0 Å². The maximum Gasteiger partial charge on any atom is 0.121 e. The van der Waals surface area contributed by atoms with Gasteiger partial charge in [-0.3, -0.25) is 0 Å². The van der Waals surface area contributed by atoms with Crippen LogP contribution in [-0.4, -0.2) is 24.3 Å². The Morgan fingerprint density at radius 2 is 2.00 bits per heavy atom. The van der Waals surface area contributed by atoms with Crippen molar-refractivity contribution in [3.8, 4) is 5.75 Å². The van der Waals surface area contributed by atoms with Crippen molar-refractivity contribution in [2.45, 2.75) is 57.7 Å². The number of aryl methyl sites for hydroxylation is 1. The highest BCUT2D eigenvalue weighted by atomic mass is 16.5. The Morgan fingerprint density at radius 3 is 2.58 bits per heavy atom. The molecular weight excluding hydrogens is 238 g/mol. The molecule has 2 N–H and O–H groups in total. The van der Waals surface area contributed by atoms with Gasteiger partial charge in [0.05, 0.1) is 13.2 Å². The summed E-state index contributed by atoms with van der Waals surface area (Å²) in [5.74, 6) is 0.868. The Bertz CT molecular complexity index is 413. The summed E-state index contributed by atoms with van der Waals surface area (Å²) in [6.07, 6.45) is 4.62. The minimum Gasteiger partial charge on any atom is -0.496 e. The molecule has 1 saturated carbocycles. The molecular formula is C16H25NO2. The lowest BCUT2D eigenvalue weighted by molar-refractivity contribution is 0.129. The van der Waals surface area contributed by atoms with E-state index in [0.717, 1.165) is 16.9 Å². The van der Waals surface area contributed by atoms with E-state index < -0.39 is 6.10 Å². The number of aliphatic hydroxyl groups excluding tert-OH is 1. The van der Waals surface area contributed by atoms with Gasteiger partial charge in [-0.15, -0.1) is 0 Å². The van der Waals surface area contributed by atoms with Gasteiger partial charge in [-0.25, -0.2) is 0 Å². The number of hydrogen-bond donors (Lipinski definition) is 2. The van der Waals surface area contributed by atoms with Crippen molar-refractivity contribution in [3.63, 3.8) is 0 Å². The third kappa shape index (κ3) is 3.48. The van der Waals surface area contributed by atoms with Crippen LogP contribution in [0.15, 0.2) is 18.2 Å². The summed E-state index contributed by atoms with van der Waals surface area (Å²) in [6, 6.07) is 6.54. The van der Waals surface area contributed by atoms with Crippen LogP contribution < -0.4 is 10.1 Å². The fourth-order valence-electron chi connectivity index (χ4n) is 2.93. The third-order valence-corrected chi connectivity index (χ3v) is 4.09. The zero-order valence-corrected chi connectivity index (χ0v) is 12.1. The molecule has 0 aliphatic heterocycles. The van der Waals surface area contributed by atoms with E-state index in [4.69, 9.17) is 4.74 Å². The van der Waals surface area contributed by atoms with Crippen molar-refractivity contribution in [1.82, 2.24) is 5.32 Å². The van der Waals surface area contributed by atoms with Crippen LogP contribution in [0.25, 0.3) is 0 Å². The average Bonchev–Trinajstić information content (AvgIpc) is 2.90. The highest BCUT2D eigenvalue weighted by Gasteiger charge is 2.22. The fourth-order valence-corrected chi connectivity index (χ4v) is 2.93. The first-order chi connectivity index (χ1) is 9.11. The van der Waals surface area contributed by atoms with Gasteiger partial charge in [0.25, 0.3) is 0 Å². The van der Waals surface area contributed by atoms with Crippen molar-refractivity contribution in [2.75, 3.05) is 7.11 Å². The average molecular weight is 263 g/mol. The molecule has 0 radical (unpaired) electrons. The van der Waals surface area contributed by atoms with Gasteiger partial charge in [-0.2, -0.15) is 0 Å². The van der Waals surface area contributed by atoms with Crippen molar-refractivity contribution in [3.05, 3.63) is 29.3 Å². The smallest absolute Gasteiger partial charge is 0.121 e. The summed E-state index contributed by atoms with van der Waals surface area (Å²) in [6.45, 7) is 4.06. The van der Waals surface area contributed by atoms with E-state index in [9.17, 15) is 5.11 Å². The Kier molecular flexibility index (Phi) is 4.83. The van der Waals surface area contributed by atoms with Crippen LogP contribution in [0.1, 0.15) is 49.8 Å². The van der Waals surface area contributed by atoms with E-state index in [-0.39, 0.29) is 6.04 Å². The van der Waals surface area contributed by atoms with Crippen LogP contribution in [0.4, 0.5) is 0 Å². The van der Waals surface area contributed by atoms with Gasteiger partial charge < -0.3 is 15.2 Å². The molecule has 2 rings (SSSR count). The van der Waals surface area contributed by atoms with E-state index in [2.05, 4.69) is 12.2 Å². The van der Waals surface area contributed by atoms with Crippen LogP contribution >= 0.6 is 0 Å². The lowest BCUT2D eigenvalue weighted by atomic mass is 10.00. The van der Waals surface area contributed by atoms with Crippen LogP contribution in [0.2, 0.25) is 0 Å². The first-order valence-corrected chi connectivity index (χ1v) is 7.20. The Balaban J connectivity index is 2.01. The number of hydrogen-bond acceptors (Lipinski definition) is 3. The first-order valence-electron chi connectivity index (χ1n) is 7.20. The summed E-state index contributed by atoms with van der Waals surface area (Å²) in [5.41, 5.74) is 2.02. The first kappa shape index (κ1) is 14.4. The largest absolute Gasteiger partial charge is 0.496 e. The molecule has 0 saturated heterocycles. The van der Waals surface area contributed by atoms with Crippen molar-refractivity contribution >= 4 is 0 Å². The van der Waals surface area contributed by atoms with E-state index in [1.54, 1.807) is 7.11 Å². The van der Waals surface area contributed by atoms with Gasteiger partial charge in [-0.1, -0.05) is 18.9 Å². The molecule has 3 heteroatoms. The highest BCUT2D eigenvalue weighted by molar-refractivity contribution is 5.37. The minimum atomic E-state index is -0.467. The molecule has 0 spiro atoms. The van der Waals surface area contributed by atoms with Crippen LogP contribution in [0, 0.1) is 6.92 Å². The molecule has 19 heavy (non-hydrogen) atoms. The SMILES string of the molecule is COc1ccc(C(O)C(C)NC2CCCC2)cc1C. The summed E-state index contributed by atoms with van der Waals surface area (Å²) in [5, 5.41) is 14.0. The third-order valence-electron chi connectivity index (χ3n) is 4.09. The van der Waals surface area contributed by atoms with Crippen LogP contribution in [0.3, 0.4) is 0 Å². The summed E-state index contributed by atoms with van der Waals surface area (Å²) < 4.78 is 5.25. The van der Waals surface area contributed by atoms with E-state index in [1.165, 1.54) is 25.7 Å². The Morgan fingerprint density at radius 1 is 1.32 bits per heavy atom. The van der Waals surface area contributed by atoms with Crippen LogP contribution in [-0.2, 0) is 0 Å². The second-order valence-electron chi connectivity index (χ2n) is 5.61. The van der Waals surface area contributed by atoms with Crippen LogP contribution in [0.5, 0.6) is 5.75 Å². The number of benzene rings is 1. The van der Waals surface area contributed by atoms with Gasteiger partial charge in [-0.05, 0) is 49.9 Å². The van der Waals surface area contributed by atoms with E-state index >= 15 is 0 Å². The maximum absolute atomic E-state index is 10.4. The minimum absolute atomic E-state index is 0.0795. The summed E-state index contributed by atoms with van der Waals surface area (Å²) >= 11 is 0. The predicted molar refractivity (Wildman–Crippen MR) is 77.5 cm³/mol. The van der Waals surface area contributed by atoms with E-state index in [0.29, 0.717) is 6.04 Å². The molecule has 1 fully saturated rings. The zero-order valence-electron chi connectivity index (χ0n) is 12.1. The quantitative estimate of drug-likeness (QED) is 0.858. The standard InChI is InChI=1S/C16H25NO2/c1-11-10-13(8-9-15(11)19-3)16(18)12(2)17-14-6-4-5-7-14/h8-10,12,14,16-18H,4-7H2,1-3H3. The van der Waals surface area contributed by atoms with Gasteiger partial charge in [0.2, 0.25) is 0 Å². The molecule has 2 atom stereocenters.